The number of amides is 1. The van der Waals surface area contributed by atoms with Gasteiger partial charge in [-0.05, 0) is 18.5 Å². The molecule has 0 aromatic heterocycles. The maximum absolute atomic E-state index is 12.0. The first-order chi connectivity index (χ1) is 11.1. The number of hydrogen-bond donors (Lipinski definition) is 2. The van der Waals surface area contributed by atoms with Crippen LogP contribution in [0.1, 0.15) is 25.3 Å². The molecule has 1 heterocycles. The molecule has 6 heteroatoms. The normalized spacial score (nSPS) is 21.6. The molecule has 6 nitrogen and oxygen atoms in total. The molecule has 0 radical (unpaired) electrons. The summed E-state index contributed by atoms with van der Waals surface area (Å²) in [6.07, 6.45) is 0.311. The van der Waals surface area contributed by atoms with Crippen LogP contribution in [0.5, 0.6) is 0 Å². The van der Waals surface area contributed by atoms with Crippen molar-refractivity contribution in [2.75, 3.05) is 19.6 Å². The third-order valence-electron chi connectivity index (χ3n) is 4.22. The topological polar surface area (TPSA) is 78.9 Å². The van der Waals surface area contributed by atoms with Crippen LogP contribution in [-0.2, 0) is 16.1 Å². The standard InChI is InChI=1S/C17H24N2O4/c1-2-19-9-8-15(14(11-19)10-16(20)21)18-17(22)23-12-13-6-4-3-5-7-13/h3-7,14-15H,2,8-12H2,1H3,(H,18,22)(H,20,21). The van der Waals surface area contributed by atoms with E-state index in [1.54, 1.807) is 0 Å². The first kappa shape index (κ1) is 17.3. The summed E-state index contributed by atoms with van der Waals surface area (Å²) in [5.74, 6) is -0.928. The Morgan fingerprint density at radius 3 is 2.74 bits per heavy atom. The second kappa shape index (κ2) is 8.53. The van der Waals surface area contributed by atoms with Gasteiger partial charge in [0.15, 0.2) is 0 Å². The number of carbonyl (C=O) groups is 2. The van der Waals surface area contributed by atoms with Gasteiger partial charge in [0.25, 0.3) is 0 Å². The molecule has 1 aliphatic rings. The smallest absolute Gasteiger partial charge is 0.407 e. The zero-order valence-corrected chi connectivity index (χ0v) is 13.4. The molecule has 0 bridgehead atoms. The molecule has 0 spiro atoms. The SMILES string of the molecule is CCN1CCC(NC(=O)OCc2ccccc2)C(CC(=O)O)C1. The lowest BCUT2D eigenvalue weighted by atomic mass is 9.89. The number of carbonyl (C=O) groups excluding carboxylic acids is 1. The monoisotopic (exact) mass is 320 g/mol. The number of ether oxygens (including phenoxy) is 1. The van der Waals surface area contributed by atoms with Crippen molar-refractivity contribution in [3.63, 3.8) is 0 Å². The van der Waals surface area contributed by atoms with Crippen LogP contribution in [0.15, 0.2) is 30.3 Å². The Labute approximate surface area is 136 Å². The molecular formula is C17H24N2O4. The van der Waals surface area contributed by atoms with E-state index in [9.17, 15) is 9.59 Å². The number of nitrogens with zero attached hydrogens (tertiary/aromatic N) is 1. The summed E-state index contributed by atoms with van der Waals surface area (Å²) in [4.78, 5) is 25.2. The van der Waals surface area contributed by atoms with Gasteiger partial charge in [-0.15, -0.1) is 0 Å². The minimum atomic E-state index is -0.836. The van der Waals surface area contributed by atoms with Gasteiger partial charge in [0, 0.05) is 25.0 Å². The quantitative estimate of drug-likeness (QED) is 0.839. The van der Waals surface area contributed by atoms with Gasteiger partial charge >= 0.3 is 12.1 Å². The van der Waals surface area contributed by atoms with Crippen LogP contribution in [0.3, 0.4) is 0 Å². The molecule has 2 rings (SSSR count). The van der Waals surface area contributed by atoms with E-state index in [1.165, 1.54) is 0 Å². The van der Waals surface area contributed by atoms with E-state index in [1.807, 2.05) is 30.3 Å². The minimum absolute atomic E-state index is 0.0557. The highest BCUT2D eigenvalue weighted by Gasteiger charge is 2.31. The third kappa shape index (κ3) is 5.56. The lowest BCUT2D eigenvalue weighted by Gasteiger charge is -2.37. The molecule has 1 aromatic carbocycles. The lowest BCUT2D eigenvalue weighted by molar-refractivity contribution is -0.138. The molecule has 1 aliphatic heterocycles. The maximum Gasteiger partial charge on any atom is 0.407 e. The molecule has 1 amide bonds. The van der Waals surface area contributed by atoms with Crippen molar-refractivity contribution in [3.05, 3.63) is 35.9 Å². The molecule has 1 aromatic rings. The fraction of sp³-hybridized carbons (Fsp3) is 0.529. The van der Waals surface area contributed by atoms with Gasteiger partial charge < -0.3 is 20.1 Å². The minimum Gasteiger partial charge on any atom is -0.481 e. The molecule has 0 saturated carbocycles. The number of piperidine rings is 1. The van der Waals surface area contributed by atoms with Crippen LogP contribution in [0.25, 0.3) is 0 Å². The van der Waals surface area contributed by atoms with E-state index in [2.05, 4.69) is 17.1 Å². The van der Waals surface area contributed by atoms with Crippen LogP contribution >= 0.6 is 0 Å². The molecule has 126 valence electrons. The second-order valence-electron chi connectivity index (χ2n) is 5.85. The van der Waals surface area contributed by atoms with Gasteiger partial charge in [0.2, 0.25) is 0 Å². The highest BCUT2D eigenvalue weighted by atomic mass is 16.5. The Morgan fingerprint density at radius 2 is 2.09 bits per heavy atom. The zero-order chi connectivity index (χ0) is 16.7. The molecule has 1 fully saturated rings. The first-order valence-electron chi connectivity index (χ1n) is 7.99. The van der Waals surface area contributed by atoms with Crippen LogP contribution in [0.2, 0.25) is 0 Å². The van der Waals surface area contributed by atoms with Crippen molar-refractivity contribution < 1.29 is 19.4 Å². The van der Waals surface area contributed by atoms with E-state index in [4.69, 9.17) is 9.84 Å². The fourth-order valence-electron chi connectivity index (χ4n) is 2.93. The van der Waals surface area contributed by atoms with Gasteiger partial charge in [-0.25, -0.2) is 4.79 Å². The van der Waals surface area contributed by atoms with E-state index in [0.717, 1.165) is 25.1 Å². The number of alkyl carbamates (subject to hydrolysis) is 1. The van der Waals surface area contributed by atoms with Crippen molar-refractivity contribution in [3.8, 4) is 0 Å². The van der Waals surface area contributed by atoms with Crippen LogP contribution in [0.4, 0.5) is 4.79 Å². The highest BCUT2D eigenvalue weighted by molar-refractivity contribution is 5.69. The summed E-state index contributed by atoms with van der Waals surface area (Å²) in [6.45, 7) is 4.70. The molecule has 23 heavy (non-hydrogen) atoms. The predicted molar refractivity (Wildman–Crippen MR) is 86.0 cm³/mol. The summed E-state index contributed by atoms with van der Waals surface area (Å²) < 4.78 is 5.23. The number of nitrogens with one attached hydrogen (secondary N) is 1. The van der Waals surface area contributed by atoms with E-state index in [-0.39, 0.29) is 25.0 Å². The summed E-state index contributed by atoms with van der Waals surface area (Å²) in [5.41, 5.74) is 0.922. The van der Waals surface area contributed by atoms with Crippen molar-refractivity contribution in [2.45, 2.75) is 32.4 Å². The Hall–Kier alpha value is -2.08. The zero-order valence-electron chi connectivity index (χ0n) is 13.4. The lowest BCUT2D eigenvalue weighted by Crippen LogP contribution is -2.51. The average molecular weight is 320 g/mol. The highest BCUT2D eigenvalue weighted by Crippen LogP contribution is 2.20. The van der Waals surface area contributed by atoms with Crippen LogP contribution in [-0.4, -0.2) is 47.7 Å². The van der Waals surface area contributed by atoms with E-state index < -0.39 is 12.1 Å². The van der Waals surface area contributed by atoms with Gasteiger partial charge in [-0.2, -0.15) is 0 Å². The fourth-order valence-corrected chi connectivity index (χ4v) is 2.93. The van der Waals surface area contributed by atoms with E-state index in [0.29, 0.717) is 6.54 Å². The number of likely N-dealkylation sites (tertiary alicyclic amines) is 1. The molecule has 2 atom stereocenters. The molecule has 0 aliphatic carbocycles. The second-order valence-corrected chi connectivity index (χ2v) is 5.85. The van der Waals surface area contributed by atoms with Gasteiger partial charge in [0.05, 0.1) is 6.42 Å². The summed E-state index contributed by atoms with van der Waals surface area (Å²) in [6, 6.07) is 9.30. The number of carboxylic acid groups (broad SMARTS) is 1. The van der Waals surface area contributed by atoms with Crippen molar-refractivity contribution >= 4 is 12.1 Å². The Bertz CT molecular complexity index is 521. The van der Waals surface area contributed by atoms with Crippen molar-refractivity contribution in [1.82, 2.24) is 10.2 Å². The van der Waals surface area contributed by atoms with E-state index >= 15 is 0 Å². The van der Waals surface area contributed by atoms with Crippen LogP contribution < -0.4 is 5.32 Å². The number of aliphatic carboxylic acids is 1. The number of hydrogen-bond acceptors (Lipinski definition) is 4. The maximum atomic E-state index is 12.0. The van der Waals surface area contributed by atoms with Crippen molar-refractivity contribution in [1.29, 1.82) is 0 Å². The third-order valence-corrected chi connectivity index (χ3v) is 4.22. The summed E-state index contributed by atoms with van der Waals surface area (Å²) >= 11 is 0. The largest absolute Gasteiger partial charge is 0.481 e. The molecular weight excluding hydrogens is 296 g/mol. The predicted octanol–water partition coefficient (Wildman–Crippen LogP) is 2.10. The van der Waals surface area contributed by atoms with Gasteiger partial charge in [-0.3, -0.25) is 4.79 Å². The number of carboxylic acids is 1. The first-order valence-corrected chi connectivity index (χ1v) is 7.99. The number of benzene rings is 1. The number of rotatable bonds is 6. The average Bonchev–Trinajstić information content (AvgIpc) is 2.55. The Morgan fingerprint density at radius 1 is 1.35 bits per heavy atom. The summed E-state index contributed by atoms with van der Waals surface area (Å²) in [5, 5.41) is 11.9. The summed E-state index contributed by atoms with van der Waals surface area (Å²) in [7, 11) is 0. The molecule has 2 unspecified atom stereocenters. The Kier molecular flexibility index (Phi) is 6.40. The van der Waals surface area contributed by atoms with Gasteiger partial charge in [0.1, 0.15) is 6.61 Å². The van der Waals surface area contributed by atoms with Crippen molar-refractivity contribution in [2.24, 2.45) is 5.92 Å². The molecule has 2 N–H and O–H groups in total. The Balaban J connectivity index is 1.85. The van der Waals surface area contributed by atoms with Gasteiger partial charge in [-0.1, -0.05) is 37.3 Å². The molecule has 1 saturated heterocycles. The van der Waals surface area contributed by atoms with Crippen LogP contribution in [0, 0.1) is 5.92 Å².